The van der Waals surface area contributed by atoms with E-state index in [1.807, 2.05) is 0 Å². The number of hydrogen-bond donors (Lipinski definition) is 1. The van der Waals surface area contributed by atoms with Crippen molar-refractivity contribution >= 4 is 0 Å². The van der Waals surface area contributed by atoms with E-state index in [-0.39, 0.29) is 0 Å². The van der Waals surface area contributed by atoms with Crippen LogP contribution in [0.1, 0.15) is 32.1 Å². The first-order chi connectivity index (χ1) is 5.79. The van der Waals surface area contributed by atoms with E-state index in [4.69, 9.17) is 5.73 Å². The fourth-order valence-corrected chi connectivity index (χ4v) is 2.92. The Kier molecular flexibility index (Phi) is 2.37. The van der Waals surface area contributed by atoms with Crippen LogP contribution in [0.2, 0.25) is 0 Å². The molecule has 2 rings (SSSR count). The van der Waals surface area contributed by atoms with E-state index in [9.17, 15) is 0 Å². The molecule has 0 aromatic rings. The van der Waals surface area contributed by atoms with E-state index in [1.54, 1.807) is 0 Å². The van der Waals surface area contributed by atoms with Gasteiger partial charge in [0.05, 0.1) is 0 Å². The molecule has 0 aromatic heterocycles. The van der Waals surface area contributed by atoms with Gasteiger partial charge in [0.1, 0.15) is 0 Å². The Morgan fingerprint density at radius 3 is 2.67 bits per heavy atom. The maximum atomic E-state index is 6.12. The molecule has 1 saturated heterocycles. The zero-order valence-electron chi connectivity index (χ0n) is 8.00. The summed E-state index contributed by atoms with van der Waals surface area (Å²) in [7, 11) is 2.26. The molecule has 1 aliphatic heterocycles. The Balaban J connectivity index is 2.05. The van der Waals surface area contributed by atoms with Crippen LogP contribution in [0, 0.1) is 5.92 Å². The number of hydrogen-bond acceptors (Lipinski definition) is 2. The van der Waals surface area contributed by atoms with Crippen molar-refractivity contribution in [1.29, 1.82) is 0 Å². The molecule has 3 atom stereocenters. The summed E-state index contributed by atoms with van der Waals surface area (Å²) < 4.78 is 0. The van der Waals surface area contributed by atoms with Crippen molar-refractivity contribution in [2.45, 2.75) is 44.2 Å². The molecule has 0 amide bonds. The molecule has 1 saturated carbocycles. The second-order valence-corrected chi connectivity index (χ2v) is 4.45. The summed E-state index contributed by atoms with van der Waals surface area (Å²) in [5.41, 5.74) is 6.12. The molecular formula is C10H20N2. The highest BCUT2D eigenvalue weighted by Crippen LogP contribution is 2.33. The highest BCUT2D eigenvalue weighted by molar-refractivity contribution is 4.92. The third-order valence-electron chi connectivity index (χ3n) is 3.71. The fraction of sp³-hybridized carbons (Fsp3) is 1.00. The first kappa shape index (κ1) is 8.52. The van der Waals surface area contributed by atoms with Crippen LogP contribution in [0.3, 0.4) is 0 Å². The van der Waals surface area contributed by atoms with Crippen molar-refractivity contribution < 1.29 is 0 Å². The minimum absolute atomic E-state index is 0.492. The van der Waals surface area contributed by atoms with E-state index < -0.39 is 0 Å². The Hall–Kier alpha value is -0.0800. The highest BCUT2D eigenvalue weighted by atomic mass is 15.1. The quantitative estimate of drug-likeness (QED) is 0.589. The standard InChI is InChI=1S/C10H20N2/c1-12-7-6-9(11)8-4-2-3-5-10(8)12/h8-10H,2-7,11H2,1H3. The molecule has 3 unspecified atom stereocenters. The van der Waals surface area contributed by atoms with Crippen molar-refractivity contribution in [3.8, 4) is 0 Å². The third kappa shape index (κ3) is 1.38. The molecule has 0 aromatic carbocycles. The van der Waals surface area contributed by atoms with E-state index in [1.165, 1.54) is 38.6 Å². The second-order valence-electron chi connectivity index (χ2n) is 4.45. The van der Waals surface area contributed by atoms with Gasteiger partial charge in [-0.2, -0.15) is 0 Å². The van der Waals surface area contributed by atoms with E-state index in [2.05, 4.69) is 11.9 Å². The van der Waals surface area contributed by atoms with Crippen LogP contribution in [0.5, 0.6) is 0 Å². The van der Waals surface area contributed by atoms with Crippen LogP contribution in [0.25, 0.3) is 0 Å². The van der Waals surface area contributed by atoms with Gasteiger partial charge in [0.25, 0.3) is 0 Å². The van der Waals surface area contributed by atoms with Crippen molar-refractivity contribution in [1.82, 2.24) is 4.90 Å². The molecule has 2 N–H and O–H groups in total. The maximum Gasteiger partial charge on any atom is 0.0135 e. The lowest BCUT2D eigenvalue weighted by Gasteiger charge is -2.45. The molecule has 2 heteroatoms. The Morgan fingerprint density at radius 1 is 1.17 bits per heavy atom. The minimum Gasteiger partial charge on any atom is -0.327 e. The molecule has 2 fully saturated rings. The fourth-order valence-electron chi connectivity index (χ4n) is 2.92. The lowest BCUT2D eigenvalue weighted by atomic mass is 9.76. The number of fused-ring (bicyclic) bond motifs is 1. The molecule has 0 spiro atoms. The number of nitrogens with two attached hydrogens (primary N) is 1. The highest BCUT2D eigenvalue weighted by Gasteiger charge is 2.35. The van der Waals surface area contributed by atoms with Gasteiger partial charge >= 0.3 is 0 Å². The normalized spacial score (nSPS) is 44.0. The molecule has 1 heterocycles. The van der Waals surface area contributed by atoms with Gasteiger partial charge in [-0.1, -0.05) is 12.8 Å². The van der Waals surface area contributed by atoms with Gasteiger partial charge in [-0.3, -0.25) is 0 Å². The van der Waals surface area contributed by atoms with Gasteiger partial charge in [0, 0.05) is 12.1 Å². The molecule has 2 nitrogen and oxygen atoms in total. The summed E-state index contributed by atoms with van der Waals surface area (Å²) in [5.74, 6) is 0.803. The monoisotopic (exact) mass is 168 g/mol. The van der Waals surface area contributed by atoms with Gasteiger partial charge in [-0.25, -0.2) is 0 Å². The third-order valence-corrected chi connectivity index (χ3v) is 3.71. The van der Waals surface area contributed by atoms with Gasteiger partial charge < -0.3 is 10.6 Å². The van der Waals surface area contributed by atoms with E-state index >= 15 is 0 Å². The first-order valence-electron chi connectivity index (χ1n) is 5.25. The Morgan fingerprint density at radius 2 is 1.92 bits per heavy atom. The second kappa shape index (κ2) is 3.35. The van der Waals surface area contributed by atoms with Crippen LogP contribution in [-0.4, -0.2) is 30.6 Å². The molecule has 0 radical (unpaired) electrons. The molecule has 70 valence electrons. The smallest absolute Gasteiger partial charge is 0.0135 e. The zero-order chi connectivity index (χ0) is 8.55. The molecule has 0 bridgehead atoms. The number of piperidine rings is 1. The molecule has 12 heavy (non-hydrogen) atoms. The predicted molar refractivity (Wildman–Crippen MR) is 51.0 cm³/mol. The summed E-state index contributed by atoms with van der Waals surface area (Å²) in [5, 5.41) is 0. The summed E-state index contributed by atoms with van der Waals surface area (Å²) in [6, 6.07) is 1.30. The van der Waals surface area contributed by atoms with Gasteiger partial charge in [0.2, 0.25) is 0 Å². The Labute approximate surface area is 75.1 Å². The molecule has 1 aliphatic carbocycles. The number of nitrogens with zero attached hydrogens (tertiary/aromatic N) is 1. The zero-order valence-corrected chi connectivity index (χ0v) is 8.00. The molecule has 2 aliphatic rings. The van der Waals surface area contributed by atoms with Crippen LogP contribution in [0.15, 0.2) is 0 Å². The number of rotatable bonds is 0. The van der Waals surface area contributed by atoms with E-state index in [0.29, 0.717) is 6.04 Å². The SMILES string of the molecule is CN1CCC(N)C2CCCCC21. The minimum atomic E-state index is 0.492. The average Bonchev–Trinajstić information content (AvgIpc) is 2.12. The Bertz CT molecular complexity index is 140. The summed E-state index contributed by atoms with van der Waals surface area (Å²) >= 11 is 0. The van der Waals surface area contributed by atoms with Crippen molar-refractivity contribution in [2.75, 3.05) is 13.6 Å². The lowest BCUT2D eigenvalue weighted by Crippen LogP contribution is -2.53. The van der Waals surface area contributed by atoms with Crippen LogP contribution in [0.4, 0.5) is 0 Å². The largest absolute Gasteiger partial charge is 0.327 e. The van der Waals surface area contributed by atoms with Crippen molar-refractivity contribution in [3.63, 3.8) is 0 Å². The lowest BCUT2D eigenvalue weighted by molar-refractivity contribution is 0.0679. The summed E-state index contributed by atoms with van der Waals surface area (Å²) in [6.45, 7) is 1.21. The van der Waals surface area contributed by atoms with Gasteiger partial charge in [0.15, 0.2) is 0 Å². The topological polar surface area (TPSA) is 29.3 Å². The summed E-state index contributed by atoms with van der Waals surface area (Å²) in [6.07, 6.45) is 6.78. The van der Waals surface area contributed by atoms with Crippen LogP contribution in [-0.2, 0) is 0 Å². The first-order valence-corrected chi connectivity index (χ1v) is 5.25. The van der Waals surface area contributed by atoms with Gasteiger partial charge in [-0.15, -0.1) is 0 Å². The van der Waals surface area contributed by atoms with Gasteiger partial charge in [-0.05, 0) is 38.8 Å². The predicted octanol–water partition coefficient (Wildman–Crippen LogP) is 1.21. The maximum absolute atomic E-state index is 6.12. The average molecular weight is 168 g/mol. The summed E-state index contributed by atoms with van der Waals surface area (Å²) in [4.78, 5) is 2.52. The van der Waals surface area contributed by atoms with E-state index in [0.717, 1.165) is 12.0 Å². The van der Waals surface area contributed by atoms with Crippen LogP contribution < -0.4 is 5.73 Å². The molecular weight excluding hydrogens is 148 g/mol. The van der Waals surface area contributed by atoms with Crippen LogP contribution >= 0.6 is 0 Å². The van der Waals surface area contributed by atoms with Crippen molar-refractivity contribution in [2.24, 2.45) is 11.7 Å². The number of likely N-dealkylation sites (tertiary alicyclic amines) is 1. The van der Waals surface area contributed by atoms with Crippen molar-refractivity contribution in [3.05, 3.63) is 0 Å².